The summed E-state index contributed by atoms with van der Waals surface area (Å²) in [4.78, 5) is 22.0. The lowest BCUT2D eigenvalue weighted by atomic mass is 10.1. The maximum absolute atomic E-state index is 12.6. The molecule has 1 atom stereocenters. The molecule has 0 saturated heterocycles. The average Bonchev–Trinajstić information content (AvgIpc) is 2.52. The van der Waals surface area contributed by atoms with Crippen LogP contribution in [0.1, 0.15) is 13.8 Å². The van der Waals surface area contributed by atoms with E-state index in [2.05, 4.69) is 10.0 Å². The van der Waals surface area contributed by atoms with Crippen molar-refractivity contribution in [2.24, 2.45) is 0 Å². The lowest BCUT2D eigenvalue weighted by molar-refractivity contribution is -0.242. The second-order valence-electron chi connectivity index (χ2n) is 5.55. The molecule has 27 heavy (non-hydrogen) atoms. The Morgan fingerprint density at radius 3 is 2.30 bits per heavy atom. The smallest absolute Gasteiger partial charge is 0.373 e. The number of nitrogens with one attached hydrogen (secondary N) is 3. The van der Waals surface area contributed by atoms with Crippen LogP contribution in [0.4, 0.5) is 18.9 Å². The first-order valence-electron chi connectivity index (χ1n) is 7.32. The summed E-state index contributed by atoms with van der Waals surface area (Å²) < 4.78 is 64.3. The van der Waals surface area contributed by atoms with Gasteiger partial charge in [0.15, 0.2) is 0 Å². The molecule has 1 unspecified atom stereocenters. The monoisotopic (exact) mass is 431 g/mol. The van der Waals surface area contributed by atoms with E-state index < -0.39 is 27.7 Å². The number of anilines is 1. The third-order valence-electron chi connectivity index (χ3n) is 3.28. The van der Waals surface area contributed by atoms with Crippen LogP contribution in [0.2, 0.25) is 5.02 Å². The third-order valence-corrected chi connectivity index (χ3v) is 5.06. The Morgan fingerprint density at radius 2 is 1.81 bits per heavy atom. The molecule has 0 saturated carbocycles. The van der Waals surface area contributed by atoms with Gasteiger partial charge in [-0.05, 0) is 25.1 Å². The normalized spacial score (nSPS) is 14.3. The van der Waals surface area contributed by atoms with Gasteiger partial charge in [0.25, 0.3) is 5.91 Å². The second kappa shape index (κ2) is 8.42. The number of alkyl halides is 3. The van der Waals surface area contributed by atoms with Crippen molar-refractivity contribution in [1.29, 1.82) is 0 Å². The van der Waals surface area contributed by atoms with Crippen LogP contribution in [0.15, 0.2) is 23.1 Å². The van der Waals surface area contributed by atoms with E-state index in [1.54, 1.807) is 5.32 Å². The molecule has 0 bridgehead atoms. The third kappa shape index (κ3) is 6.06. The number of aliphatic hydroxyl groups is 1. The first kappa shape index (κ1) is 23.1. The van der Waals surface area contributed by atoms with Crippen molar-refractivity contribution >= 4 is 39.1 Å². The fourth-order valence-electron chi connectivity index (χ4n) is 1.64. The first-order chi connectivity index (χ1) is 12.2. The molecule has 0 aliphatic heterocycles. The van der Waals surface area contributed by atoms with Crippen LogP contribution < -0.4 is 15.4 Å². The van der Waals surface area contributed by atoms with E-state index in [1.165, 1.54) is 6.92 Å². The lowest BCUT2D eigenvalue weighted by Gasteiger charge is -2.25. The van der Waals surface area contributed by atoms with Gasteiger partial charge in [-0.1, -0.05) is 11.6 Å². The van der Waals surface area contributed by atoms with Crippen LogP contribution in [0.5, 0.6) is 0 Å². The lowest BCUT2D eigenvalue weighted by Crippen LogP contribution is -2.52. The zero-order valence-corrected chi connectivity index (χ0v) is 15.7. The molecule has 2 amide bonds. The summed E-state index contributed by atoms with van der Waals surface area (Å²) in [5, 5.41) is 13.1. The molecule has 0 heterocycles. The predicted octanol–water partition coefficient (Wildman–Crippen LogP) is 1.01. The van der Waals surface area contributed by atoms with Crippen molar-refractivity contribution in [1.82, 2.24) is 10.0 Å². The fraction of sp³-hybridized carbons (Fsp3) is 0.429. The fourth-order valence-corrected chi connectivity index (χ4v) is 2.99. The number of benzene rings is 1. The molecule has 0 radical (unpaired) electrons. The van der Waals surface area contributed by atoms with E-state index in [0.717, 1.165) is 18.2 Å². The van der Waals surface area contributed by atoms with Gasteiger partial charge in [-0.3, -0.25) is 9.59 Å². The summed E-state index contributed by atoms with van der Waals surface area (Å²) >= 11 is 5.82. The number of halogens is 4. The summed E-state index contributed by atoms with van der Waals surface area (Å²) in [5.74, 6) is -2.12. The number of carbonyl (C=O) groups excluding carboxylic acids is 2. The minimum absolute atomic E-state index is 0.0446. The Balaban J connectivity index is 2.90. The Labute approximate surface area is 158 Å². The van der Waals surface area contributed by atoms with E-state index in [-0.39, 0.29) is 41.5 Å². The Hall–Kier alpha value is -1.89. The Kier molecular flexibility index (Phi) is 7.22. The van der Waals surface area contributed by atoms with Gasteiger partial charge >= 0.3 is 6.18 Å². The van der Waals surface area contributed by atoms with Gasteiger partial charge in [0.1, 0.15) is 0 Å². The van der Waals surface area contributed by atoms with Crippen LogP contribution in [0.25, 0.3) is 0 Å². The van der Waals surface area contributed by atoms with E-state index >= 15 is 0 Å². The van der Waals surface area contributed by atoms with Crippen LogP contribution >= 0.6 is 11.6 Å². The molecule has 8 nitrogen and oxygen atoms in total. The highest BCUT2D eigenvalue weighted by Gasteiger charge is 2.55. The zero-order valence-electron chi connectivity index (χ0n) is 14.1. The zero-order chi connectivity index (χ0) is 21.0. The SMILES string of the molecule is CC(=O)NCCNS(=O)(=O)c1ccc(NC(=O)C(C)(O)C(F)(F)F)c(Cl)c1. The van der Waals surface area contributed by atoms with Crippen molar-refractivity contribution < 1.29 is 36.3 Å². The molecule has 152 valence electrons. The van der Waals surface area contributed by atoms with Gasteiger partial charge in [0, 0.05) is 20.0 Å². The minimum Gasteiger partial charge on any atom is -0.373 e. The molecule has 13 heteroatoms. The van der Waals surface area contributed by atoms with Crippen LogP contribution in [0, 0.1) is 0 Å². The standard InChI is InChI=1S/C14H17ClF3N3O5S/c1-8(22)19-5-6-20-27(25,26)9-3-4-11(10(15)7-9)21-12(23)13(2,24)14(16,17)18/h3-4,7,20,24H,5-6H2,1-2H3,(H,19,22)(H,21,23). The Bertz CT molecular complexity index is 828. The number of carbonyl (C=O) groups is 2. The van der Waals surface area contributed by atoms with Gasteiger partial charge in [-0.25, -0.2) is 13.1 Å². The van der Waals surface area contributed by atoms with Gasteiger partial charge < -0.3 is 15.7 Å². The number of hydrogen-bond donors (Lipinski definition) is 4. The molecule has 1 aromatic carbocycles. The molecule has 1 aromatic rings. The maximum Gasteiger partial charge on any atom is 0.426 e. The summed E-state index contributed by atoms with van der Waals surface area (Å²) in [6.07, 6.45) is -5.22. The molecule has 0 spiro atoms. The number of amides is 2. The van der Waals surface area contributed by atoms with Crippen LogP contribution in [-0.4, -0.2) is 50.2 Å². The number of rotatable bonds is 7. The average molecular weight is 432 g/mol. The highest BCUT2D eigenvalue weighted by atomic mass is 35.5. The van der Waals surface area contributed by atoms with E-state index in [4.69, 9.17) is 11.6 Å². The van der Waals surface area contributed by atoms with Gasteiger partial charge in [-0.2, -0.15) is 13.2 Å². The maximum atomic E-state index is 12.6. The minimum atomic E-state index is -5.22. The van der Waals surface area contributed by atoms with E-state index in [0.29, 0.717) is 0 Å². The molecule has 0 fully saturated rings. The molecular formula is C14H17ClF3N3O5S. The van der Waals surface area contributed by atoms with Crippen molar-refractivity contribution in [3.05, 3.63) is 23.2 Å². The molecule has 1 rings (SSSR count). The summed E-state index contributed by atoms with van der Waals surface area (Å²) in [6, 6.07) is 2.90. The van der Waals surface area contributed by atoms with Crippen molar-refractivity contribution in [2.75, 3.05) is 18.4 Å². The summed E-state index contributed by atoms with van der Waals surface area (Å²) in [7, 11) is -4.01. The quantitative estimate of drug-likeness (QED) is 0.479. The first-order valence-corrected chi connectivity index (χ1v) is 9.19. The van der Waals surface area contributed by atoms with E-state index in [9.17, 15) is 36.3 Å². The van der Waals surface area contributed by atoms with E-state index in [1.807, 2.05) is 0 Å². The predicted molar refractivity (Wildman–Crippen MR) is 90.6 cm³/mol. The number of hydrogen-bond acceptors (Lipinski definition) is 5. The van der Waals surface area contributed by atoms with Crippen LogP contribution in [-0.2, 0) is 19.6 Å². The molecule has 0 aliphatic rings. The highest BCUT2D eigenvalue weighted by Crippen LogP contribution is 2.32. The van der Waals surface area contributed by atoms with Gasteiger partial charge in [0.05, 0.1) is 15.6 Å². The Morgan fingerprint density at radius 1 is 1.22 bits per heavy atom. The summed E-state index contributed by atoms with van der Waals surface area (Å²) in [6.45, 7) is 1.47. The molecule has 0 aliphatic carbocycles. The van der Waals surface area contributed by atoms with Crippen molar-refractivity contribution in [2.45, 2.75) is 30.5 Å². The number of sulfonamides is 1. The topological polar surface area (TPSA) is 125 Å². The van der Waals surface area contributed by atoms with Crippen LogP contribution in [0.3, 0.4) is 0 Å². The van der Waals surface area contributed by atoms with Crippen molar-refractivity contribution in [3.8, 4) is 0 Å². The molecule has 0 aromatic heterocycles. The summed E-state index contributed by atoms with van der Waals surface area (Å²) in [5.41, 5.74) is -3.98. The molecular weight excluding hydrogens is 415 g/mol. The van der Waals surface area contributed by atoms with Gasteiger partial charge in [0.2, 0.25) is 21.5 Å². The second-order valence-corrected chi connectivity index (χ2v) is 7.72. The van der Waals surface area contributed by atoms with Crippen molar-refractivity contribution in [3.63, 3.8) is 0 Å². The van der Waals surface area contributed by atoms with Gasteiger partial charge in [-0.15, -0.1) is 0 Å². The largest absolute Gasteiger partial charge is 0.426 e. The highest BCUT2D eigenvalue weighted by molar-refractivity contribution is 7.89. The molecule has 4 N–H and O–H groups in total.